The van der Waals surface area contributed by atoms with Crippen molar-refractivity contribution in [2.24, 2.45) is 0 Å². The van der Waals surface area contributed by atoms with E-state index in [4.69, 9.17) is 11.2 Å². The highest BCUT2D eigenvalue weighted by Crippen LogP contribution is 2.35. The van der Waals surface area contributed by atoms with Gasteiger partial charge in [-0.15, -0.1) is 18.2 Å². The lowest BCUT2D eigenvalue weighted by molar-refractivity contribution is 0.0950. The molecule has 1 heterocycles. The molecule has 5 heteroatoms. The quantitative estimate of drug-likeness (QED) is 0.701. The third-order valence-electron chi connectivity index (χ3n) is 4.54. The first-order valence-corrected chi connectivity index (χ1v) is 10.2. The number of pyridine rings is 1. The third kappa shape index (κ3) is 5.77. The van der Waals surface area contributed by atoms with E-state index in [9.17, 15) is 4.79 Å². The standard InChI is InChI=1S/C22H24N2O2S/c1-2-16-26-18-11-9-17(10-12-18)13-15-23-21(25)20-8-5-14-24-22(20)27-19-6-3-4-7-19/h1,5,8-12,14,19H,3-4,6-7,13,15-16H2,(H,23,25). The normalized spacial score (nSPS) is 13.9. The number of aromatic nitrogens is 1. The molecule has 0 unspecified atom stereocenters. The van der Waals surface area contributed by atoms with Gasteiger partial charge in [-0.25, -0.2) is 4.98 Å². The number of hydrogen-bond acceptors (Lipinski definition) is 4. The number of carbonyl (C=O) groups excluding carboxylic acids is 1. The first-order chi connectivity index (χ1) is 13.3. The Morgan fingerprint density at radius 3 is 2.78 bits per heavy atom. The van der Waals surface area contributed by atoms with E-state index in [0.717, 1.165) is 22.8 Å². The van der Waals surface area contributed by atoms with Crippen LogP contribution in [0.2, 0.25) is 0 Å². The number of rotatable bonds is 8. The van der Waals surface area contributed by atoms with Crippen LogP contribution in [0.3, 0.4) is 0 Å². The molecular weight excluding hydrogens is 356 g/mol. The molecule has 2 aromatic rings. The van der Waals surface area contributed by atoms with Gasteiger partial charge in [-0.1, -0.05) is 30.9 Å². The zero-order valence-electron chi connectivity index (χ0n) is 15.3. The van der Waals surface area contributed by atoms with Gasteiger partial charge < -0.3 is 10.1 Å². The summed E-state index contributed by atoms with van der Waals surface area (Å²) in [4.78, 5) is 17.0. The fraction of sp³-hybridized carbons (Fsp3) is 0.364. The van der Waals surface area contributed by atoms with Crippen molar-refractivity contribution in [2.75, 3.05) is 13.2 Å². The number of amides is 1. The smallest absolute Gasteiger partial charge is 0.254 e. The molecule has 1 N–H and O–H groups in total. The van der Waals surface area contributed by atoms with Crippen LogP contribution in [0.5, 0.6) is 5.75 Å². The van der Waals surface area contributed by atoms with Crippen molar-refractivity contribution in [3.63, 3.8) is 0 Å². The van der Waals surface area contributed by atoms with Gasteiger partial charge in [0.2, 0.25) is 0 Å². The van der Waals surface area contributed by atoms with Gasteiger partial charge in [0, 0.05) is 18.0 Å². The lowest BCUT2D eigenvalue weighted by Crippen LogP contribution is -2.26. The molecule has 1 aromatic carbocycles. The average Bonchev–Trinajstić information content (AvgIpc) is 3.21. The SMILES string of the molecule is C#CCOc1ccc(CCNC(=O)c2cccnc2SC2CCCC2)cc1. The zero-order chi connectivity index (χ0) is 18.9. The first-order valence-electron chi connectivity index (χ1n) is 9.31. The summed E-state index contributed by atoms with van der Waals surface area (Å²) < 4.78 is 5.36. The lowest BCUT2D eigenvalue weighted by atomic mass is 10.1. The number of hydrogen-bond donors (Lipinski definition) is 1. The molecule has 0 atom stereocenters. The molecular formula is C22H24N2O2S. The van der Waals surface area contributed by atoms with Crippen LogP contribution < -0.4 is 10.1 Å². The lowest BCUT2D eigenvalue weighted by Gasteiger charge is -2.12. The van der Waals surface area contributed by atoms with Crippen LogP contribution in [0.25, 0.3) is 0 Å². The van der Waals surface area contributed by atoms with Crippen LogP contribution in [-0.2, 0) is 6.42 Å². The molecule has 1 aliphatic rings. The van der Waals surface area contributed by atoms with Crippen LogP contribution in [0.4, 0.5) is 0 Å². The van der Waals surface area contributed by atoms with Crippen molar-refractivity contribution in [3.8, 4) is 18.1 Å². The Morgan fingerprint density at radius 2 is 2.04 bits per heavy atom. The predicted octanol–water partition coefficient (Wildman–Crippen LogP) is 4.10. The Kier molecular flexibility index (Phi) is 7.18. The van der Waals surface area contributed by atoms with Crippen molar-refractivity contribution < 1.29 is 9.53 Å². The number of terminal acetylenes is 1. The molecule has 1 amide bonds. The number of carbonyl (C=O) groups is 1. The Morgan fingerprint density at radius 1 is 1.26 bits per heavy atom. The van der Waals surface area contributed by atoms with Crippen molar-refractivity contribution in [2.45, 2.75) is 42.4 Å². The molecule has 1 aliphatic carbocycles. The maximum atomic E-state index is 12.6. The van der Waals surface area contributed by atoms with Crippen LogP contribution >= 0.6 is 11.8 Å². The van der Waals surface area contributed by atoms with Crippen molar-refractivity contribution in [1.82, 2.24) is 10.3 Å². The Bertz CT molecular complexity index is 793. The molecule has 0 saturated heterocycles. The van der Waals surface area contributed by atoms with Crippen LogP contribution in [0.1, 0.15) is 41.6 Å². The molecule has 0 spiro atoms. The summed E-state index contributed by atoms with van der Waals surface area (Å²) in [5.74, 6) is 3.14. The van der Waals surface area contributed by atoms with Crippen molar-refractivity contribution in [3.05, 3.63) is 53.7 Å². The van der Waals surface area contributed by atoms with E-state index in [1.165, 1.54) is 25.7 Å². The van der Waals surface area contributed by atoms with Crippen LogP contribution in [-0.4, -0.2) is 29.3 Å². The number of benzene rings is 1. The van der Waals surface area contributed by atoms with Gasteiger partial charge in [0.25, 0.3) is 5.91 Å². The van der Waals surface area contributed by atoms with Gasteiger partial charge >= 0.3 is 0 Å². The second-order valence-corrected chi connectivity index (χ2v) is 7.81. The van der Waals surface area contributed by atoms with Crippen molar-refractivity contribution in [1.29, 1.82) is 0 Å². The fourth-order valence-electron chi connectivity index (χ4n) is 3.11. The van der Waals surface area contributed by atoms with Gasteiger partial charge in [0.1, 0.15) is 17.4 Å². The fourth-order valence-corrected chi connectivity index (χ4v) is 4.41. The number of nitrogens with one attached hydrogen (secondary N) is 1. The summed E-state index contributed by atoms with van der Waals surface area (Å²) in [6.07, 6.45) is 12.7. The van der Waals surface area contributed by atoms with Crippen molar-refractivity contribution >= 4 is 17.7 Å². The maximum Gasteiger partial charge on any atom is 0.254 e. The third-order valence-corrected chi connectivity index (χ3v) is 5.89. The van der Waals surface area contributed by atoms with Gasteiger partial charge in [-0.3, -0.25) is 4.79 Å². The van der Waals surface area contributed by atoms with E-state index in [0.29, 0.717) is 17.4 Å². The van der Waals surface area contributed by atoms with E-state index >= 15 is 0 Å². The second kappa shape index (κ2) is 10.0. The van der Waals surface area contributed by atoms with E-state index < -0.39 is 0 Å². The molecule has 140 valence electrons. The summed E-state index contributed by atoms with van der Waals surface area (Å²) in [6, 6.07) is 11.4. The minimum Gasteiger partial charge on any atom is -0.481 e. The number of ether oxygens (including phenoxy) is 1. The maximum absolute atomic E-state index is 12.6. The Hall–Kier alpha value is -2.45. The summed E-state index contributed by atoms with van der Waals surface area (Å²) >= 11 is 1.74. The zero-order valence-corrected chi connectivity index (χ0v) is 16.1. The molecule has 4 nitrogen and oxygen atoms in total. The summed E-state index contributed by atoms with van der Waals surface area (Å²) in [5, 5.41) is 4.44. The van der Waals surface area contributed by atoms with E-state index in [1.807, 2.05) is 36.4 Å². The monoisotopic (exact) mass is 380 g/mol. The average molecular weight is 381 g/mol. The molecule has 3 rings (SSSR count). The van der Waals surface area contributed by atoms with Crippen LogP contribution in [0, 0.1) is 12.3 Å². The Labute approximate surface area is 165 Å². The highest BCUT2D eigenvalue weighted by molar-refractivity contribution is 7.99. The molecule has 0 radical (unpaired) electrons. The highest BCUT2D eigenvalue weighted by atomic mass is 32.2. The summed E-state index contributed by atoms with van der Waals surface area (Å²) in [6.45, 7) is 0.841. The van der Waals surface area contributed by atoms with E-state index in [2.05, 4.69) is 16.2 Å². The summed E-state index contributed by atoms with van der Waals surface area (Å²) in [5.41, 5.74) is 1.81. The molecule has 1 aromatic heterocycles. The second-order valence-electron chi connectivity index (χ2n) is 6.52. The number of nitrogens with zero attached hydrogens (tertiary/aromatic N) is 1. The highest BCUT2D eigenvalue weighted by Gasteiger charge is 2.20. The molecule has 1 saturated carbocycles. The molecule has 0 aliphatic heterocycles. The minimum atomic E-state index is -0.0578. The first kappa shape index (κ1) is 19.3. The molecule has 27 heavy (non-hydrogen) atoms. The van der Waals surface area contributed by atoms with Gasteiger partial charge in [0.15, 0.2) is 0 Å². The molecule has 0 bridgehead atoms. The van der Waals surface area contributed by atoms with E-state index in [1.54, 1.807) is 18.0 Å². The number of thioether (sulfide) groups is 1. The van der Waals surface area contributed by atoms with Gasteiger partial charge in [-0.05, 0) is 49.1 Å². The Balaban J connectivity index is 1.51. The predicted molar refractivity (Wildman–Crippen MR) is 109 cm³/mol. The van der Waals surface area contributed by atoms with E-state index in [-0.39, 0.29) is 12.5 Å². The molecule has 1 fully saturated rings. The van der Waals surface area contributed by atoms with Gasteiger partial charge in [-0.2, -0.15) is 0 Å². The summed E-state index contributed by atoms with van der Waals surface area (Å²) in [7, 11) is 0. The minimum absolute atomic E-state index is 0.0578. The topological polar surface area (TPSA) is 51.2 Å². The van der Waals surface area contributed by atoms with Gasteiger partial charge in [0.05, 0.1) is 5.56 Å². The van der Waals surface area contributed by atoms with Crippen LogP contribution in [0.15, 0.2) is 47.6 Å². The largest absolute Gasteiger partial charge is 0.481 e.